The number of carbonyl (C=O) groups is 1. The molecule has 0 saturated heterocycles. The molecule has 1 heterocycles. The van der Waals surface area contributed by atoms with Crippen molar-refractivity contribution in [2.75, 3.05) is 19.0 Å². The van der Waals surface area contributed by atoms with E-state index < -0.39 is 0 Å². The van der Waals surface area contributed by atoms with Crippen LogP contribution in [-0.2, 0) is 0 Å². The molecular weight excluding hydrogens is 404 g/mol. The number of nitrogens with one attached hydrogen (secondary N) is 2. The normalized spacial score (nSPS) is 11.8. The number of carbonyl (C=O) groups excluding carboxylic acids is 1. The molecule has 0 aliphatic heterocycles. The van der Waals surface area contributed by atoms with E-state index in [0.29, 0.717) is 41.1 Å². The highest BCUT2D eigenvalue weighted by Crippen LogP contribution is 2.27. The van der Waals surface area contributed by atoms with Crippen LogP contribution in [0, 0.1) is 0 Å². The maximum atomic E-state index is 13.4. The van der Waals surface area contributed by atoms with Crippen LogP contribution in [0.3, 0.4) is 0 Å². The van der Waals surface area contributed by atoms with Gasteiger partial charge in [0.05, 0.1) is 29.7 Å². The largest absolute Gasteiger partial charge is 0.495 e. The smallest absolute Gasteiger partial charge is 0.322 e. The molecule has 2 N–H and O–H groups in total. The minimum Gasteiger partial charge on any atom is -0.495 e. The lowest BCUT2D eigenvalue weighted by Gasteiger charge is -2.31. The van der Waals surface area contributed by atoms with Crippen LogP contribution in [0.5, 0.6) is 5.75 Å². The van der Waals surface area contributed by atoms with Gasteiger partial charge in [-0.1, -0.05) is 57.4 Å². The number of rotatable bonds is 10. The van der Waals surface area contributed by atoms with E-state index in [2.05, 4.69) is 17.2 Å². The number of hydrogen-bond acceptors (Lipinski definition) is 4. The fourth-order valence-electron chi connectivity index (χ4n) is 3.87. The van der Waals surface area contributed by atoms with E-state index in [4.69, 9.17) is 9.72 Å². The standard InChI is InChI=1S/C25H32N4O3/c1-4-6-7-12-17-29(25(31)27-20-15-10-11-16-22(20)32-3)21(5-2)23-26-19-14-9-8-13-18(19)24(30)28-23/h8-11,13-16,21H,4-7,12,17H2,1-3H3,(H,27,31)(H,26,28,30). The number of H-pyrrole nitrogens is 1. The maximum absolute atomic E-state index is 13.4. The van der Waals surface area contributed by atoms with Gasteiger partial charge in [-0.25, -0.2) is 9.78 Å². The van der Waals surface area contributed by atoms with Crippen molar-refractivity contribution < 1.29 is 9.53 Å². The zero-order valence-corrected chi connectivity index (χ0v) is 19.1. The Hall–Kier alpha value is -3.35. The van der Waals surface area contributed by atoms with Crippen LogP contribution >= 0.6 is 0 Å². The number of aromatic nitrogens is 2. The number of para-hydroxylation sites is 3. The van der Waals surface area contributed by atoms with Crippen LogP contribution in [-0.4, -0.2) is 34.6 Å². The van der Waals surface area contributed by atoms with Crippen molar-refractivity contribution in [3.8, 4) is 5.75 Å². The molecule has 0 bridgehead atoms. The maximum Gasteiger partial charge on any atom is 0.322 e. The number of anilines is 1. The topological polar surface area (TPSA) is 87.3 Å². The quantitative estimate of drug-likeness (QED) is 0.411. The van der Waals surface area contributed by atoms with Crippen LogP contribution in [0.25, 0.3) is 10.9 Å². The van der Waals surface area contributed by atoms with Gasteiger partial charge >= 0.3 is 6.03 Å². The van der Waals surface area contributed by atoms with E-state index in [1.165, 1.54) is 0 Å². The Kier molecular flexibility index (Phi) is 8.25. The van der Waals surface area contributed by atoms with Gasteiger partial charge < -0.3 is 19.9 Å². The van der Waals surface area contributed by atoms with Crippen molar-refractivity contribution in [1.82, 2.24) is 14.9 Å². The molecule has 3 rings (SSSR count). The first kappa shape index (κ1) is 23.3. The van der Waals surface area contributed by atoms with Crippen LogP contribution in [0.4, 0.5) is 10.5 Å². The molecule has 1 unspecified atom stereocenters. The van der Waals surface area contributed by atoms with Crippen LogP contribution in [0.15, 0.2) is 53.3 Å². The summed E-state index contributed by atoms with van der Waals surface area (Å²) in [6.45, 7) is 4.72. The molecule has 2 aromatic carbocycles. The molecule has 7 nitrogen and oxygen atoms in total. The second kappa shape index (κ2) is 11.3. The van der Waals surface area contributed by atoms with E-state index in [9.17, 15) is 9.59 Å². The monoisotopic (exact) mass is 436 g/mol. The number of hydrogen-bond donors (Lipinski definition) is 2. The third kappa shape index (κ3) is 5.46. The Morgan fingerprint density at radius 1 is 1.09 bits per heavy atom. The molecule has 7 heteroatoms. The van der Waals surface area contributed by atoms with E-state index in [-0.39, 0.29) is 17.6 Å². The summed E-state index contributed by atoms with van der Waals surface area (Å²) in [5.74, 6) is 1.10. The first-order valence-electron chi connectivity index (χ1n) is 11.3. The Labute approximate surface area is 188 Å². The van der Waals surface area contributed by atoms with Gasteiger partial charge in [0, 0.05) is 6.54 Å². The number of amides is 2. The minimum absolute atomic E-state index is 0.194. The van der Waals surface area contributed by atoms with Gasteiger partial charge in [0.15, 0.2) is 0 Å². The van der Waals surface area contributed by atoms with Gasteiger partial charge in [-0.3, -0.25) is 4.79 Å². The number of ether oxygens (including phenoxy) is 1. The zero-order valence-electron chi connectivity index (χ0n) is 19.1. The summed E-state index contributed by atoms with van der Waals surface area (Å²) in [4.78, 5) is 35.4. The molecule has 1 aromatic heterocycles. The van der Waals surface area contributed by atoms with Crippen LogP contribution < -0.4 is 15.6 Å². The third-order valence-electron chi connectivity index (χ3n) is 5.57. The molecule has 3 aromatic rings. The van der Waals surface area contributed by atoms with Crippen LogP contribution in [0.1, 0.15) is 57.8 Å². The predicted molar refractivity (Wildman–Crippen MR) is 128 cm³/mol. The highest BCUT2D eigenvalue weighted by atomic mass is 16.5. The molecule has 170 valence electrons. The summed E-state index contributed by atoms with van der Waals surface area (Å²) >= 11 is 0. The van der Waals surface area contributed by atoms with Crippen molar-refractivity contribution in [2.24, 2.45) is 0 Å². The number of fused-ring (bicyclic) bond motifs is 1. The number of nitrogens with zero attached hydrogens (tertiary/aromatic N) is 2. The Bertz CT molecular complexity index is 1100. The predicted octanol–water partition coefficient (Wildman–Crippen LogP) is 5.50. The zero-order chi connectivity index (χ0) is 22.9. The number of aromatic amines is 1. The molecule has 0 spiro atoms. The molecule has 0 saturated carbocycles. The molecule has 0 aliphatic rings. The van der Waals surface area contributed by atoms with Crippen molar-refractivity contribution in [1.29, 1.82) is 0 Å². The Morgan fingerprint density at radius 2 is 1.84 bits per heavy atom. The lowest BCUT2D eigenvalue weighted by molar-refractivity contribution is 0.180. The van der Waals surface area contributed by atoms with Gasteiger partial charge in [-0.05, 0) is 37.1 Å². The Morgan fingerprint density at radius 3 is 2.59 bits per heavy atom. The lowest BCUT2D eigenvalue weighted by atomic mass is 10.1. The molecular formula is C25H32N4O3. The van der Waals surface area contributed by atoms with Gasteiger partial charge in [0.1, 0.15) is 11.6 Å². The van der Waals surface area contributed by atoms with Gasteiger partial charge in [0.25, 0.3) is 5.56 Å². The molecule has 0 fully saturated rings. The van der Waals surface area contributed by atoms with Crippen LogP contribution in [0.2, 0.25) is 0 Å². The second-order valence-electron chi connectivity index (χ2n) is 7.78. The highest BCUT2D eigenvalue weighted by Gasteiger charge is 2.26. The minimum atomic E-state index is -0.358. The van der Waals surface area contributed by atoms with Crippen molar-refractivity contribution in [2.45, 2.75) is 52.0 Å². The second-order valence-corrected chi connectivity index (χ2v) is 7.78. The van der Waals surface area contributed by atoms with Crippen molar-refractivity contribution in [3.63, 3.8) is 0 Å². The Balaban J connectivity index is 1.93. The lowest BCUT2D eigenvalue weighted by Crippen LogP contribution is -2.40. The van der Waals surface area contributed by atoms with E-state index >= 15 is 0 Å². The summed E-state index contributed by atoms with van der Waals surface area (Å²) in [6, 6.07) is 14.0. The van der Waals surface area contributed by atoms with E-state index in [1.807, 2.05) is 43.3 Å². The van der Waals surface area contributed by atoms with E-state index in [0.717, 1.165) is 25.7 Å². The number of urea groups is 1. The molecule has 2 amide bonds. The molecule has 1 atom stereocenters. The first-order valence-corrected chi connectivity index (χ1v) is 11.3. The van der Waals surface area contributed by atoms with E-state index in [1.54, 1.807) is 24.1 Å². The van der Waals surface area contributed by atoms with Crippen molar-refractivity contribution >= 4 is 22.6 Å². The SMILES string of the molecule is CCCCCCN(C(=O)Nc1ccccc1OC)C(CC)c1nc2ccccc2c(=O)[nH]1. The van der Waals surface area contributed by atoms with Gasteiger partial charge in [0.2, 0.25) is 0 Å². The summed E-state index contributed by atoms with van der Waals surface area (Å²) < 4.78 is 5.38. The fraction of sp³-hybridized carbons (Fsp3) is 0.400. The highest BCUT2D eigenvalue weighted by molar-refractivity contribution is 5.91. The molecule has 32 heavy (non-hydrogen) atoms. The van der Waals surface area contributed by atoms with Gasteiger partial charge in [-0.2, -0.15) is 0 Å². The van der Waals surface area contributed by atoms with Gasteiger partial charge in [-0.15, -0.1) is 0 Å². The average molecular weight is 437 g/mol. The third-order valence-corrected chi connectivity index (χ3v) is 5.57. The fourth-order valence-corrected chi connectivity index (χ4v) is 3.87. The summed E-state index contributed by atoms with van der Waals surface area (Å²) in [6.07, 6.45) is 4.76. The first-order chi connectivity index (χ1) is 15.6. The molecule has 0 aliphatic carbocycles. The summed E-state index contributed by atoms with van der Waals surface area (Å²) in [7, 11) is 1.58. The molecule has 0 radical (unpaired) electrons. The van der Waals surface area contributed by atoms with Crippen molar-refractivity contribution in [3.05, 3.63) is 64.7 Å². The number of unbranched alkanes of at least 4 members (excludes halogenated alkanes) is 3. The summed E-state index contributed by atoms with van der Waals surface area (Å²) in [5, 5.41) is 3.52. The summed E-state index contributed by atoms with van der Waals surface area (Å²) in [5.41, 5.74) is 1.04. The number of methoxy groups -OCH3 is 1. The number of benzene rings is 2. The average Bonchev–Trinajstić information content (AvgIpc) is 2.81.